The van der Waals surface area contributed by atoms with Gasteiger partial charge in [0, 0.05) is 23.4 Å². The van der Waals surface area contributed by atoms with Gasteiger partial charge >= 0.3 is 11.9 Å². The predicted octanol–water partition coefficient (Wildman–Crippen LogP) is 2.85. The molecule has 0 aromatic heterocycles. The number of allylic oxidation sites excluding steroid dienone is 2. The molecule has 1 heterocycles. The van der Waals surface area contributed by atoms with Gasteiger partial charge in [-0.2, -0.15) is 0 Å². The zero-order valence-corrected chi connectivity index (χ0v) is 16.3. The minimum atomic E-state index is -0.574. The van der Waals surface area contributed by atoms with Crippen LogP contribution in [0, 0.1) is 5.82 Å². The van der Waals surface area contributed by atoms with Crippen LogP contribution in [0.25, 0.3) is 0 Å². The highest BCUT2D eigenvalue weighted by molar-refractivity contribution is 5.97. The van der Waals surface area contributed by atoms with Crippen LogP contribution in [-0.2, 0) is 19.1 Å². The van der Waals surface area contributed by atoms with Crippen molar-refractivity contribution >= 4 is 17.8 Å². The minimum Gasteiger partial charge on any atom is -0.463 e. The Bertz CT molecular complexity index is 803. The molecule has 0 spiro atoms. The van der Waals surface area contributed by atoms with E-state index in [1.807, 2.05) is 0 Å². The fourth-order valence-electron chi connectivity index (χ4n) is 2.77. The van der Waals surface area contributed by atoms with Crippen molar-refractivity contribution < 1.29 is 28.2 Å². The number of amides is 1. The quantitative estimate of drug-likeness (QED) is 0.752. The number of ether oxygens (including phenoxy) is 2. The first-order valence-electron chi connectivity index (χ1n) is 8.90. The van der Waals surface area contributed by atoms with Gasteiger partial charge in [-0.05, 0) is 52.0 Å². The molecule has 0 radical (unpaired) electrons. The predicted molar refractivity (Wildman–Crippen MR) is 99.0 cm³/mol. The largest absolute Gasteiger partial charge is 0.463 e. The summed E-state index contributed by atoms with van der Waals surface area (Å²) in [6, 6.07) is 5.02. The van der Waals surface area contributed by atoms with Crippen LogP contribution in [0.2, 0.25) is 0 Å². The average Bonchev–Trinajstić information content (AvgIpc) is 2.66. The van der Waals surface area contributed by atoms with Crippen molar-refractivity contribution in [1.82, 2.24) is 10.4 Å². The number of rotatable bonds is 6. The van der Waals surface area contributed by atoms with E-state index >= 15 is 0 Å². The molecule has 150 valence electrons. The summed E-state index contributed by atoms with van der Waals surface area (Å²) in [7, 11) is 0. The van der Waals surface area contributed by atoms with Crippen LogP contribution in [0.4, 0.5) is 4.39 Å². The third-order valence-electron chi connectivity index (χ3n) is 4.26. The molecule has 0 fully saturated rings. The Morgan fingerprint density at radius 3 is 1.86 bits per heavy atom. The van der Waals surface area contributed by atoms with Crippen LogP contribution in [0.1, 0.15) is 44.5 Å². The number of halogens is 1. The molecule has 1 aromatic carbocycles. The molecule has 0 saturated heterocycles. The van der Waals surface area contributed by atoms with Gasteiger partial charge in [0.2, 0.25) is 0 Å². The van der Waals surface area contributed by atoms with E-state index in [0.29, 0.717) is 11.4 Å². The molecule has 7 nitrogen and oxygen atoms in total. The molecule has 1 N–H and O–H groups in total. The Morgan fingerprint density at radius 1 is 0.964 bits per heavy atom. The van der Waals surface area contributed by atoms with Crippen molar-refractivity contribution in [3.63, 3.8) is 0 Å². The number of carbonyl (C=O) groups is 3. The van der Waals surface area contributed by atoms with Crippen LogP contribution in [0.5, 0.6) is 0 Å². The monoisotopic (exact) mass is 390 g/mol. The lowest BCUT2D eigenvalue weighted by molar-refractivity contribution is -0.139. The SMILES string of the molecule is CCOC(=O)C1=C(C)N(NC(=O)c2ccc(F)cc2)C(C)=C(C(=O)OCC)C1. The van der Waals surface area contributed by atoms with Gasteiger partial charge in [0.15, 0.2) is 0 Å². The second-order valence-corrected chi connectivity index (χ2v) is 6.03. The van der Waals surface area contributed by atoms with Gasteiger partial charge in [0.1, 0.15) is 5.82 Å². The van der Waals surface area contributed by atoms with E-state index in [-0.39, 0.29) is 36.3 Å². The molecule has 0 bridgehead atoms. The third-order valence-corrected chi connectivity index (χ3v) is 4.26. The number of esters is 2. The van der Waals surface area contributed by atoms with Crippen LogP contribution in [0.3, 0.4) is 0 Å². The summed E-state index contributed by atoms with van der Waals surface area (Å²) >= 11 is 0. The van der Waals surface area contributed by atoms with E-state index in [0.717, 1.165) is 0 Å². The van der Waals surface area contributed by atoms with E-state index in [1.54, 1.807) is 27.7 Å². The molecule has 2 rings (SSSR count). The second kappa shape index (κ2) is 9.16. The van der Waals surface area contributed by atoms with Crippen molar-refractivity contribution in [2.75, 3.05) is 13.2 Å². The molecule has 0 atom stereocenters. The molecule has 28 heavy (non-hydrogen) atoms. The van der Waals surface area contributed by atoms with Crippen molar-refractivity contribution in [3.8, 4) is 0 Å². The number of nitrogens with zero attached hydrogens (tertiary/aromatic N) is 1. The molecular weight excluding hydrogens is 367 g/mol. The summed E-state index contributed by atoms with van der Waals surface area (Å²) in [5, 5.41) is 1.35. The highest BCUT2D eigenvalue weighted by atomic mass is 19.1. The molecule has 1 aliphatic rings. The maximum absolute atomic E-state index is 13.1. The van der Waals surface area contributed by atoms with Crippen molar-refractivity contribution in [2.45, 2.75) is 34.1 Å². The number of hydrogen-bond acceptors (Lipinski definition) is 6. The number of benzene rings is 1. The summed E-state index contributed by atoms with van der Waals surface area (Å²) in [6.07, 6.45) is 0.0399. The van der Waals surface area contributed by atoms with Crippen molar-refractivity contribution in [2.24, 2.45) is 0 Å². The molecule has 1 amide bonds. The summed E-state index contributed by atoms with van der Waals surface area (Å²) in [4.78, 5) is 37.3. The van der Waals surface area contributed by atoms with E-state index in [2.05, 4.69) is 5.43 Å². The molecule has 0 saturated carbocycles. The van der Waals surface area contributed by atoms with Crippen LogP contribution in [0.15, 0.2) is 46.8 Å². The van der Waals surface area contributed by atoms with Gasteiger partial charge < -0.3 is 9.47 Å². The van der Waals surface area contributed by atoms with Gasteiger partial charge in [-0.1, -0.05) is 0 Å². The first-order valence-corrected chi connectivity index (χ1v) is 8.90. The highest BCUT2D eigenvalue weighted by Crippen LogP contribution is 2.30. The molecule has 0 aliphatic carbocycles. The Balaban J connectivity index is 2.40. The topological polar surface area (TPSA) is 84.9 Å². The lowest BCUT2D eigenvalue weighted by atomic mass is 9.97. The van der Waals surface area contributed by atoms with E-state index in [9.17, 15) is 18.8 Å². The molecular formula is C20H23FN2O5. The van der Waals surface area contributed by atoms with E-state index < -0.39 is 23.7 Å². The van der Waals surface area contributed by atoms with Crippen LogP contribution in [-0.4, -0.2) is 36.1 Å². The third kappa shape index (κ3) is 4.57. The van der Waals surface area contributed by atoms with E-state index in [1.165, 1.54) is 29.3 Å². The normalized spacial score (nSPS) is 14.1. The van der Waals surface area contributed by atoms with Crippen LogP contribution < -0.4 is 5.43 Å². The smallest absolute Gasteiger partial charge is 0.336 e. The Labute approximate surface area is 162 Å². The summed E-state index contributed by atoms with van der Waals surface area (Å²) in [6.45, 7) is 6.99. The lowest BCUT2D eigenvalue weighted by Gasteiger charge is -2.33. The average molecular weight is 390 g/mol. The molecule has 0 unspecified atom stereocenters. The first-order chi connectivity index (χ1) is 13.3. The molecule has 8 heteroatoms. The zero-order valence-electron chi connectivity index (χ0n) is 16.3. The van der Waals surface area contributed by atoms with Crippen LogP contribution >= 0.6 is 0 Å². The zero-order chi connectivity index (χ0) is 20.8. The maximum Gasteiger partial charge on any atom is 0.336 e. The van der Waals surface area contributed by atoms with Crippen molar-refractivity contribution in [1.29, 1.82) is 0 Å². The Morgan fingerprint density at radius 2 is 1.43 bits per heavy atom. The fraction of sp³-hybridized carbons (Fsp3) is 0.350. The van der Waals surface area contributed by atoms with E-state index in [4.69, 9.17) is 9.47 Å². The molecule has 1 aliphatic heterocycles. The van der Waals surface area contributed by atoms with Gasteiger partial charge in [-0.25, -0.2) is 14.0 Å². The summed E-state index contributed by atoms with van der Waals surface area (Å²) < 4.78 is 23.2. The summed E-state index contributed by atoms with van der Waals surface area (Å²) in [5.41, 5.74) is 4.22. The van der Waals surface area contributed by atoms with Crippen molar-refractivity contribution in [3.05, 3.63) is 58.2 Å². The Kier molecular flexibility index (Phi) is 6.92. The van der Waals surface area contributed by atoms with Gasteiger partial charge in [-0.15, -0.1) is 0 Å². The maximum atomic E-state index is 13.1. The number of hydrogen-bond donors (Lipinski definition) is 1. The first kappa shape index (κ1) is 21.1. The number of hydrazine groups is 1. The highest BCUT2D eigenvalue weighted by Gasteiger charge is 2.32. The number of carbonyl (C=O) groups excluding carboxylic acids is 3. The minimum absolute atomic E-state index is 0.0399. The van der Waals surface area contributed by atoms with Gasteiger partial charge in [0.25, 0.3) is 5.91 Å². The Hall–Kier alpha value is -3.16. The standard InChI is InChI=1S/C20H23FN2O5/c1-5-27-19(25)16-11-17(20(26)28-6-2)13(4)23(12(16)3)22-18(24)14-7-9-15(21)10-8-14/h7-10H,5-6,11H2,1-4H3,(H,22,24). The second-order valence-electron chi connectivity index (χ2n) is 6.03. The number of nitrogens with one attached hydrogen (secondary N) is 1. The van der Waals surface area contributed by atoms with Gasteiger partial charge in [0.05, 0.1) is 24.4 Å². The lowest BCUT2D eigenvalue weighted by Crippen LogP contribution is -2.43. The molecule has 1 aromatic rings. The summed E-state index contributed by atoms with van der Waals surface area (Å²) in [5.74, 6) is -2.13. The van der Waals surface area contributed by atoms with Gasteiger partial charge in [-0.3, -0.25) is 15.2 Å². The fourth-order valence-corrected chi connectivity index (χ4v) is 2.77.